The molecule has 0 amide bonds. The zero-order valence-electron chi connectivity index (χ0n) is 8.64. The summed E-state index contributed by atoms with van der Waals surface area (Å²) in [6.45, 7) is 0. The van der Waals surface area contributed by atoms with Gasteiger partial charge in [-0.1, -0.05) is 0 Å². The molecule has 0 radical (unpaired) electrons. The fraction of sp³-hybridized carbons (Fsp3) is 0.250. The lowest BCUT2D eigenvalue weighted by Crippen LogP contribution is -2.22. The van der Waals surface area contributed by atoms with Gasteiger partial charge < -0.3 is 0 Å². The molecule has 1 aromatic carbocycles. The monoisotopic (exact) mass is 345 g/mol. The minimum Gasteiger partial charge on any atom is -0.282 e. The van der Waals surface area contributed by atoms with E-state index in [4.69, 9.17) is 0 Å². The third kappa shape index (κ3) is 5.00. The van der Waals surface area contributed by atoms with Gasteiger partial charge in [0.15, 0.2) is 14.9 Å². The zero-order chi connectivity index (χ0) is 13.3. The van der Waals surface area contributed by atoms with Gasteiger partial charge in [-0.05, 0) is 34.1 Å². The Labute approximate surface area is 107 Å². The van der Waals surface area contributed by atoms with Crippen LogP contribution in [0.2, 0.25) is 0 Å². The Hall–Kier alpha value is -0.670. The molecule has 17 heavy (non-hydrogen) atoms. The molecular formula is C8H9BrFNO4S2. The molecule has 0 aliphatic heterocycles. The van der Waals surface area contributed by atoms with Gasteiger partial charge in [-0.15, -0.1) is 0 Å². The summed E-state index contributed by atoms with van der Waals surface area (Å²) in [6, 6.07) is 3.32. The second-order valence-electron chi connectivity index (χ2n) is 3.38. The van der Waals surface area contributed by atoms with Crippen LogP contribution in [0.5, 0.6) is 0 Å². The molecule has 0 aromatic heterocycles. The van der Waals surface area contributed by atoms with Crippen molar-refractivity contribution in [3.8, 4) is 0 Å². The van der Waals surface area contributed by atoms with Crippen LogP contribution in [0, 0.1) is 5.82 Å². The van der Waals surface area contributed by atoms with Crippen molar-refractivity contribution in [3.05, 3.63) is 28.5 Å². The molecule has 9 heteroatoms. The predicted octanol–water partition coefficient (Wildman–Crippen LogP) is 1.33. The van der Waals surface area contributed by atoms with Crippen LogP contribution in [-0.2, 0) is 19.9 Å². The van der Waals surface area contributed by atoms with E-state index in [1.54, 1.807) is 0 Å². The molecule has 0 aliphatic rings. The standard InChI is InChI=1S/C8H9BrFNO4S2/c1-16(12,13)5-17(14,15)11-8-3-2-6(10)4-7(8)9/h2-4,11H,5H2,1H3. The molecular weight excluding hydrogens is 337 g/mol. The summed E-state index contributed by atoms with van der Waals surface area (Å²) < 4.78 is 59.7. The Morgan fingerprint density at radius 1 is 1.29 bits per heavy atom. The Kier molecular flexibility index (Phi) is 4.15. The van der Waals surface area contributed by atoms with E-state index in [1.807, 2.05) is 4.72 Å². The van der Waals surface area contributed by atoms with E-state index in [-0.39, 0.29) is 10.2 Å². The fourth-order valence-electron chi connectivity index (χ4n) is 1.05. The molecule has 1 aromatic rings. The third-order valence-corrected chi connectivity index (χ3v) is 5.71. The number of hydrogen-bond acceptors (Lipinski definition) is 4. The molecule has 0 aliphatic carbocycles. The van der Waals surface area contributed by atoms with Crippen LogP contribution in [-0.4, -0.2) is 28.2 Å². The normalized spacial score (nSPS) is 12.4. The Morgan fingerprint density at radius 3 is 2.35 bits per heavy atom. The second-order valence-corrected chi connectivity index (χ2v) is 8.47. The summed E-state index contributed by atoms with van der Waals surface area (Å²) in [5.74, 6) is -0.539. The first kappa shape index (κ1) is 14.4. The highest BCUT2D eigenvalue weighted by atomic mass is 79.9. The van der Waals surface area contributed by atoms with Gasteiger partial charge in [0.05, 0.1) is 5.69 Å². The van der Waals surface area contributed by atoms with E-state index in [1.165, 1.54) is 6.07 Å². The number of rotatable bonds is 4. The van der Waals surface area contributed by atoms with Crippen LogP contribution >= 0.6 is 15.9 Å². The maximum atomic E-state index is 12.7. The molecule has 96 valence electrons. The number of halogens is 2. The lowest BCUT2D eigenvalue weighted by Gasteiger charge is -2.08. The molecule has 0 spiro atoms. The van der Waals surface area contributed by atoms with E-state index in [0.717, 1.165) is 18.4 Å². The average molecular weight is 346 g/mol. The first-order valence-electron chi connectivity index (χ1n) is 4.22. The van der Waals surface area contributed by atoms with E-state index in [2.05, 4.69) is 15.9 Å². The summed E-state index contributed by atoms with van der Waals surface area (Å²) in [6.07, 6.45) is 0.811. The lowest BCUT2D eigenvalue weighted by molar-refractivity contribution is 0.594. The highest BCUT2D eigenvalue weighted by molar-refractivity contribution is 9.10. The number of sulfonamides is 1. The quantitative estimate of drug-likeness (QED) is 0.892. The Bertz CT molecular complexity index is 627. The summed E-state index contributed by atoms with van der Waals surface area (Å²) in [5, 5.41) is -1.02. The molecule has 0 saturated heterocycles. The lowest BCUT2D eigenvalue weighted by atomic mass is 10.3. The molecule has 1 rings (SSSR count). The molecule has 0 unspecified atom stereocenters. The largest absolute Gasteiger partial charge is 0.282 e. The van der Waals surface area contributed by atoms with Gasteiger partial charge >= 0.3 is 0 Å². The van der Waals surface area contributed by atoms with Crippen LogP contribution < -0.4 is 4.72 Å². The van der Waals surface area contributed by atoms with Gasteiger partial charge in [-0.3, -0.25) is 4.72 Å². The molecule has 1 N–H and O–H groups in total. The molecule has 5 nitrogen and oxygen atoms in total. The van der Waals surface area contributed by atoms with Crippen LogP contribution in [0.4, 0.5) is 10.1 Å². The fourth-order valence-corrected chi connectivity index (χ4v) is 4.64. The van der Waals surface area contributed by atoms with Crippen molar-refractivity contribution < 1.29 is 21.2 Å². The highest BCUT2D eigenvalue weighted by Crippen LogP contribution is 2.24. The van der Waals surface area contributed by atoms with Gasteiger partial charge in [0.2, 0.25) is 10.0 Å². The van der Waals surface area contributed by atoms with Crippen molar-refractivity contribution in [3.63, 3.8) is 0 Å². The number of benzene rings is 1. The topological polar surface area (TPSA) is 80.3 Å². The molecule has 0 atom stereocenters. The highest BCUT2D eigenvalue weighted by Gasteiger charge is 2.19. The summed E-state index contributed by atoms with van der Waals surface area (Å²) in [5.41, 5.74) is 0.0788. The van der Waals surface area contributed by atoms with E-state index >= 15 is 0 Å². The summed E-state index contributed by atoms with van der Waals surface area (Å²) >= 11 is 2.96. The van der Waals surface area contributed by atoms with Crippen molar-refractivity contribution in [2.75, 3.05) is 16.1 Å². The molecule has 0 bridgehead atoms. The average Bonchev–Trinajstić information content (AvgIpc) is 2.05. The van der Waals surface area contributed by atoms with Gasteiger partial charge in [0, 0.05) is 10.7 Å². The maximum Gasteiger partial charge on any atom is 0.247 e. The second kappa shape index (κ2) is 4.91. The minimum atomic E-state index is -4.02. The summed E-state index contributed by atoms with van der Waals surface area (Å²) in [7, 11) is -7.68. The van der Waals surface area contributed by atoms with Crippen LogP contribution in [0.3, 0.4) is 0 Å². The predicted molar refractivity (Wildman–Crippen MR) is 66.4 cm³/mol. The smallest absolute Gasteiger partial charge is 0.247 e. The Balaban J connectivity index is 2.99. The molecule has 0 saturated carbocycles. The number of sulfone groups is 1. The minimum absolute atomic E-state index is 0.0788. The first-order valence-corrected chi connectivity index (χ1v) is 8.73. The van der Waals surface area contributed by atoms with Gasteiger partial charge in [0.1, 0.15) is 5.82 Å². The van der Waals surface area contributed by atoms with E-state index in [0.29, 0.717) is 0 Å². The van der Waals surface area contributed by atoms with Crippen LogP contribution in [0.1, 0.15) is 0 Å². The number of hydrogen-bond donors (Lipinski definition) is 1. The van der Waals surface area contributed by atoms with Crippen molar-refractivity contribution in [1.29, 1.82) is 0 Å². The van der Waals surface area contributed by atoms with E-state index < -0.39 is 30.8 Å². The van der Waals surface area contributed by atoms with Crippen molar-refractivity contribution in [2.24, 2.45) is 0 Å². The first-order chi connectivity index (χ1) is 7.59. The summed E-state index contributed by atoms with van der Waals surface area (Å²) in [4.78, 5) is 0. The molecule has 0 heterocycles. The van der Waals surface area contributed by atoms with Gasteiger partial charge in [0.25, 0.3) is 0 Å². The third-order valence-electron chi connectivity index (χ3n) is 1.57. The number of anilines is 1. The maximum absolute atomic E-state index is 12.7. The number of nitrogens with one attached hydrogen (secondary N) is 1. The zero-order valence-corrected chi connectivity index (χ0v) is 11.9. The van der Waals surface area contributed by atoms with Crippen LogP contribution in [0.25, 0.3) is 0 Å². The molecule has 0 fully saturated rings. The van der Waals surface area contributed by atoms with Crippen LogP contribution in [0.15, 0.2) is 22.7 Å². The van der Waals surface area contributed by atoms with Crippen molar-refractivity contribution >= 4 is 41.5 Å². The van der Waals surface area contributed by atoms with E-state index in [9.17, 15) is 21.2 Å². The Morgan fingerprint density at radius 2 is 1.88 bits per heavy atom. The van der Waals surface area contributed by atoms with Gasteiger partial charge in [-0.2, -0.15) is 0 Å². The van der Waals surface area contributed by atoms with Crippen molar-refractivity contribution in [1.82, 2.24) is 0 Å². The SMILES string of the molecule is CS(=O)(=O)CS(=O)(=O)Nc1ccc(F)cc1Br. The van der Waals surface area contributed by atoms with Crippen molar-refractivity contribution in [2.45, 2.75) is 0 Å². The van der Waals surface area contributed by atoms with Gasteiger partial charge in [-0.25, -0.2) is 21.2 Å².